The van der Waals surface area contributed by atoms with E-state index >= 15 is 0 Å². The van der Waals surface area contributed by atoms with Gasteiger partial charge in [0.05, 0.1) is 11.1 Å². The Hall–Kier alpha value is -2.95. The summed E-state index contributed by atoms with van der Waals surface area (Å²) in [6.07, 6.45) is 1.94. The molecule has 5 heteroatoms. The molecule has 1 aliphatic rings. The van der Waals surface area contributed by atoms with E-state index in [1.807, 2.05) is 24.4 Å². The van der Waals surface area contributed by atoms with Crippen molar-refractivity contribution >= 4 is 29.3 Å². The van der Waals surface area contributed by atoms with Crippen LogP contribution in [0.2, 0.25) is 0 Å². The summed E-state index contributed by atoms with van der Waals surface area (Å²) in [7, 11) is 2.10. The van der Waals surface area contributed by atoms with Crippen LogP contribution >= 0.6 is 0 Å². The Bertz CT molecular complexity index is 863. The van der Waals surface area contributed by atoms with Crippen molar-refractivity contribution in [2.45, 2.75) is 33.1 Å². The van der Waals surface area contributed by atoms with Gasteiger partial charge in [-0.2, -0.15) is 9.68 Å². The number of carboxylic acid groups (broad SMARTS) is 1. The summed E-state index contributed by atoms with van der Waals surface area (Å²) in [5.41, 5.74) is 9.12. The second-order valence-corrected chi connectivity index (χ2v) is 6.76. The molecule has 26 heavy (non-hydrogen) atoms. The number of aryl methyl sites for hydroxylation is 1. The van der Waals surface area contributed by atoms with Crippen LogP contribution in [-0.4, -0.2) is 29.5 Å². The van der Waals surface area contributed by atoms with E-state index in [0.29, 0.717) is 0 Å². The van der Waals surface area contributed by atoms with Crippen LogP contribution in [0.1, 0.15) is 31.9 Å². The number of anilines is 1. The Morgan fingerprint density at radius 1 is 1.15 bits per heavy atom. The summed E-state index contributed by atoms with van der Waals surface area (Å²) in [6.45, 7) is 7.53. The normalized spacial score (nSPS) is 14.7. The van der Waals surface area contributed by atoms with Crippen LogP contribution < -0.4 is 10.5 Å². The third-order valence-electron chi connectivity index (χ3n) is 4.46. The first kappa shape index (κ1) is 19.4. The van der Waals surface area contributed by atoms with Crippen molar-refractivity contribution in [2.24, 2.45) is 5.10 Å². The predicted molar refractivity (Wildman–Crippen MR) is 104 cm³/mol. The highest BCUT2D eigenvalue weighted by molar-refractivity contribution is 6.33. The number of carbonyl (C=O) groups is 1. The lowest BCUT2D eigenvalue weighted by Crippen LogP contribution is -2.30. The number of carboxylic acids is 1. The van der Waals surface area contributed by atoms with Crippen molar-refractivity contribution in [3.05, 3.63) is 59.7 Å². The lowest BCUT2D eigenvalue weighted by Gasteiger charge is -2.14. The van der Waals surface area contributed by atoms with E-state index in [9.17, 15) is 0 Å². The first-order valence-electron chi connectivity index (χ1n) is 8.48. The van der Waals surface area contributed by atoms with Gasteiger partial charge >= 0.3 is 0 Å². The van der Waals surface area contributed by atoms with Gasteiger partial charge in [-0.15, -0.1) is 0 Å². The molecule has 0 saturated heterocycles. The molecule has 0 radical (unpaired) electrons. The Balaban J connectivity index is 0.000000552. The van der Waals surface area contributed by atoms with Gasteiger partial charge in [0, 0.05) is 17.6 Å². The molecule has 2 aromatic rings. The summed E-state index contributed by atoms with van der Waals surface area (Å²) in [4.78, 5) is 8.89. The maximum absolute atomic E-state index is 8.89. The largest absolute Gasteiger partial charge is 0.550 e. The Morgan fingerprint density at radius 2 is 1.73 bits per heavy atom. The third-order valence-corrected chi connectivity index (χ3v) is 4.46. The number of nitrogens with one attached hydrogen (secondary N) is 1. The SMILES string of the molecule is CC(=O)[O-].Cc1ccccc1N/N=C/C1=[N+](C)c2ccccc2C1(C)C. The van der Waals surface area contributed by atoms with E-state index in [1.54, 1.807) is 0 Å². The fourth-order valence-corrected chi connectivity index (χ4v) is 3.09. The van der Waals surface area contributed by atoms with Crippen LogP contribution in [0.5, 0.6) is 0 Å². The molecule has 1 aliphatic heterocycles. The predicted octanol–water partition coefficient (Wildman–Crippen LogP) is 2.86. The first-order valence-corrected chi connectivity index (χ1v) is 8.48. The molecule has 136 valence electrons. The van der Waals surface area contributed by atoms with E-state index < -0.39 is 5.97 Å². The lowest BCUT2D eigenvalue weighted by molar-refractivity contribution is -0.400. The molecule has 1 heterocycles. The molecule has 3 rings (SSSR count). The number of hydrazone groups is 1. The standard InChI is InChI=1S/C19H21N3.C2H4O2/c1-14-9-5-7-11-16(14)21-20-13-18-19(2,3)15-10-6-8-12-17(15)22(18)4;1-2(3)4/h5-13H,1-4H3;1H3,(H,3,4). The number of para-hydroxylation sites is 2. The topological polar surface area (TPSA) is 67.5 Å². The number of carbonyl (C=O) groups excluding carboxylic acids is 1. The molecule has 0 fully saturated rings. The number of hydrogen-bond acceptors (Lipinski definition) is 4. The lowest BCUT2D eigenvalue weighted by atomic mass is 9.82. The van der Waals surface area contributed by atoms with E-state index in [0.717, 1.165) is 12.6 Å². The molecule has 0 unspecified atom stereocenters. The maximum atomic E-state index is 8.89. The zero-order chi connectivity index (χ0) is 19.3. The average Bonchev–Trinajstić information content (AvgIpc) is 2.77. The van der Waals surface area contributed by atoms with Crippen molar-refractivity contribution in [1.29, 1.82) is 0 Å². The van der Waals surface area contributed by atoms with Crippen LogP contribution in [0.15, 0.2) is 53.6 Å². The molecule has 0 amide bonds. The van der Waals surface area contributed by atoms with Gasteiger partial charge in [0.2, 0.25) is 11.4 Å². The highest BCUT2D eigenvalue weighted by atomic mass is 16.4. The summed E-state index contributed by atoms with van der Waals surface area (Å²) in [5, 5.41) is 13.3. The van der Waals surface area contributed by atoms with E-state index in [-0.39, 0.29) is 5.41 Å². The van der Waals surface area contributed by atoms with Gasteiger partial charge in [-0.25, -0.2) is 0 Å². The van der Waals surface area contributed by atoms with Crippen LogP contribution in [0, 0.1) is 6.92 Å². The Morgan fingerprint density at radius 3 is 2.35 bits per heavy atom. The van der Waals surface area contributed by atoms with Crippen molar-refractivity contribution in [3.63, 3.8) is 0 Å². The van der Waals surface area contributed by atoms with Gasteiger partial charge in [-0.05, 0) is 39.3 Å². The van der Waals surface area contributed by atoms with Gasteiger partial charge in [-0.3, -0.25) is 5.43 Å². The zero-order valence-electron chi connectivity index (χ0n) is 15.9. The number of benzene rings is 2. The quantitative estimate of drug-likeness (QED) is 0.525. The molecule has 2 aromatic carbocycles. The fraction of sp³-hybridized carbons (Fsp3) is 0.286. The van der Waals surface area contributed by atoms with Crippen molar-refractivity contribution in [2.75, 3.05) is 12.5 Å². The molecular formula is C21H25N3O2. The van der Waals surface area contributed by atoms with Crippen molar-refractivity contribution in [1.82, 2.24) is 0 Å². The van der Waals surface area contributed by atoms with Crippen molar-refractivity contribution < 1.29 is 14.5 Å². The summed E-state index contributed by atoms with van der Waals surface area (Å²) in [6, 6.07) is 16.7. The van der Waals surface area contributed by atoms with Crippen LogP contribution in [0.4, 0.5) is 11.4 Å². The minimum atomic E-state index is -1.08. The van der Waals surface area contributed by atoms with E-state index in [4.69, 9.17) is 9.90 Å². The molecule has 0 saturated carbocycles. The van der Waals surface area contributed by atoms with Crippen LogP contribution in [0.25, 0.3) is 0 Å². The summed E-state index contributed by atoms with van der Waals surface area (Å²) < 4.78 is 2.22. The Kier molecular flexibility index (Phi) is 5.93. The average molecular weight is 351 g/mol. The second-order valence-electron chi connectivity index (χ2n) is 6.76. The molecule has 0 aliphatic carbocycles. The van der Waals surface area contributed by atoms with Crippen molar-refractivity contribution in [3.8, 4) is 0 Å². The maximum Gasteiger partial charge on any atom is 0.212 e. The van der Waals surface area contributed by atoms with Crippen LogP contribution in [-0.2, 0) is 10.2 Å². The van der Waals surface area contributed by atoms with E-state index in [2.05, 4.69) is 73.3 Å². The molecule has 0 spiro atoms. The number of aliphatic carboxylic acids is 1. The smallest absolute Gasteiger partial charge is 0.212 e. The van der Waals surface area contributed by atoms with Gasteiger partial charge < -0.3 is 9.90 Å². The molecule has 1 N–H and O–H groups in total. The molecular weight excluding hydrogens is 326 g/mol. The third kappa shape index (κ3) is 4.17. The minimum absolute atomic E-state index is 0.0394. The number of rotatable bonds is 3. The summed E-state index contributed by atoms with van der Waals surface area (Å²) >= 11 is 0. The van der Waals surface area contributed by atoms with Gasteiger partial charge in [-0.1, -0.05) is 36.4 Å². The molecule has 0 aromatic heterocycles. The van der Waals surface area contributed by atoms with Crippen LogP contribution in [0.3, 0.4) is 0 Å². The molecule has 0 bridgehead atoms. The van der Waals surface area contributed by atoms with Gasteiger partial charge in [0.25, 0.3) is 0 Å². The molecule has 0 atom stereocenters. The fourth-order valence-electron chi connectivity index (χ4n) is 3.09. The number of nitrogens with zero attached hydrogens (tertiary/aromatic N) is 2. The van der Waals surface area contributed by atoms with Gasteiger partial charge in [0.15, 0.2) is 0 Å². The zero-order valence-corrected chi connectivity index (χ0v) is 15.9. The van der Waals surface area contributed by atoms with E-state index in [1.165, 1.54) is 22.5 Å². The molecule has 5 nitrogen and oxygen atoms in total. The van der Waals surface area contributed by atoms with Gasteiger partial charge in [0.1, 0.15) is 13.3 Å². The number of fused-ring (bicyclic) bond motifs is 1. The highest BCUT2D eigenvalue weighted by Gasteiger charge is 2.43. The highest BCUT2D eigenvalue weighted by Crippen LogP contribution is 2.37. The number of hydrogen-bond donors (Lipinski definition) is 1. The monoisotopic (exact) mass is 351 g/mol. The minimum Gasteiger partial charge on any atom is -0.550 e. The first-order chi connectivity index (χ1) is 12.2. The summed E-state index contributed by atoms with van der Waals surface area (Å²) in [5.74, 6) is -1.08. The second kappa shape index (κ2) is 7.95. The Labute approximate surface area is 154 Å².